The van der Waals surface area contributed by atoms with Crippen LogP contribution in [0.5, 0.6) is 0 Å². The predicted molar refractivity (Wildman–Crippen MR) is 127 cm³/mol. The van der Waals surface area contributed by atoms with Crippen LogP contribution in [0.25, 0.3) is 11.1 Å². The molecule has 1 aliphatic heterocycles. The van der Waals surface area contributed by atoms with Crippen molar-refractivity contribution in [3.8, 4) is 11.1 Å². The average Bonchev–Trinajstić information content (AvgIpc) is 2.84. The van der Waals surface area contributed by atoms with Crippen LogP contribution in [0, 0.1) is 5.82 Å². The van der Waals surface area contributed by atoms with E-state index in [-0.39, 0.29) is 23.7 Å². The predicted octanol–water partition coefficient (Wildman–Crippen LogP) is 4.26. The Hall–Kier alpha value is -3.51. The molecule has 1 fully saturated rings. The zero-order valence-corrected chi connectivity index (χ0v) is 18.9. The molecule has 33 heavy (non-hydrogen) atoms. The molecular weight excluding hydrogens is 417 g/mol. The molecule has 0 spiro atoms. The van der Waals surface area contributed by atoms with Crippen molar-refractivity contribution < 1.29 is 14.0 Å². The SMILES string of the molecule is CNC(=O)c1cccc([C@@H]2CN(Cc3ccccc3-c3ccccc3F)CCN2C(C)=O)c1. The van der Waals surface area contributed by atoms with Gasteiger partial charge in [-0.2, -0.15) is 0 Å². The normalized spacial score (nSPS) is 16.5. The van der Waals surface area contributed by atoms with Gasteiger partial charge in [-0.25, -0.2) is 4.39 Å². The highest BCUT2D eigenvalue weighted by atomic mass is 19.1. The molecule has 1 saturated heterocycles. The van der Waals surface area contributed by atoms with Gasteiger partial charge in [-0.15, -0.1) is 0 Å². The van der Waals surface area contributed by atoms with Crippen LogP contribution < -0.4 is 5.32 Å². The van der Waals surface area contributed by atoms with Crippen molar-refractivity contribution in [3.63, 3.8) is 0 Å². The molecule has 2 amide bonds. The minimum absolute atomic E-state index is 0.0109. The van der Waals surface area contributed by atoms with Gasteiger partial charge in [0.1, 0.15) is 5.82 Å². The second-order valence-corrected chi connectivity index (χ2v) is 8.30. The van der Waals surface area contributed by atoms with Crippen LogP contribution in [0.4, 0.5) is 4.39 Å². The smallest absolute Gasteiger partial charge is 0.251 e. The summed E-state index contributed by atoms with van der Waals surface area (Å²) in [6.45, 7) is 4.16. The summed E-state index contributed by atoms with van der Waals surface area (Å²) in [6, 6.07) is 22.0. The van der Waals surface area contributed by atoms with Gasteiger partial charge in [0, 0.05) is 51.3 Å². The standard InChI is InChI=1S/C27H28FN3O2/c1-19(32)31-15-14-30(18-26(31)20-9-7-10-21(16-20)27(33)29-2)17-22-8-3-4-11-23(22)24-12-5-6-13-25(24)28/h3-13,16,26H,14-15,17-18H2,1-2H3,(H,29,33)/t26-/m0/s1. The number of hydrogen-bond acceptors (Lipinski definition) is 3. The maximum atomic E-state index is 14.5. The second kappa shape index (κ2) is 9.96. The third-order valence-corrected chi connectivity index (χ3v) is 6.20. The van der Waals surface area contributed by atoms with Gasteiger partial charge in [0.05, 0.1) is 6.04 Å². The van der Waals surface area contributed by atoms with Crippen molar-refractivity contribution in [3.05, 3.63) is 95.3 Å². The Morgan fingerprint density at radius 2 is 1.70 bits per heavy atom. The zero-order chi connectivity index (χ0) is 23.4. The summed E-state index contributed by atoms with van der Waals surface area (Å²) in [7, 11) is 1.60. The van der Waals surface area contributed by atoms with Crippen molar-refractivity contribution in [2.45, 2.75) is 19.5 Å². The first-order valence-corrected chi connectivity index (χ1v) is 11.1. The minimum Gasteiger partial charge on any atom is -0.355 e. The van der Waals surface area contributed by atoms with Crippen molar-refractivity contribution >= 4 is 11.8 Å². The number of benzene rings is 3. The van der Waals surface area contributed by atoms with Gasteiger partial charge in [0.2, 0.25) is 5.91 Å². The van der Waals surface area contributed by atoms with Crippen LogP contribution in [-0.4, -0.2) is 48.3 Å². The highest BCUT2D eigenvalue weighted by Gasteiger charge is 2.30. The Bertz CT molecular complexity index is 1160. The fourth-order valence-corrected chi connectivity index (χ4v) is 4.52. The highest BCUT2D eigenvalue weighted by Crippen LogP contribution is 2.30. The molecule has 1 aliphatic rings. The van der Waals surface area contributed by atoms with E-state index in [0.29, 0.717) is 30.8 Å². The molecule has 0 bridgehead atoms. The summed E-state index contributed by atoms with van der Waals surface area (Å²) < 4.78 is 14.5. The highest BCUT2D eigenvalue weighted by molar-refractivity contribution is 5.94. The molecule has 0 aromatic heterocycles. The van der Waals surface area contributed by atoms with E-state index in [1.54, 1.807) is 32.2 Å². The molecule has 1 heterocycles. The van der Waals surface area contributed by atoms with Crippen LogP contribution >= 0.6 is 0 Å². The molecule has 0 saturated carbocycles. The Morgan fingerprint density at radius 3 is 2.42 bits per heavy atom. The summed E-state index contributed by atoms with van der Waals surface area (Å²) >= 11 is 0. The first kappa shape index (κ1) is 22.7. The number of carbonyl (C=O) groups excluding carboxylic acids is 2. The summed E-state index contributed by atoms with van der Waals surface area (Å²) in [5.41, 5.74) is 4.00. The van der Waals surface area contributed by atoms with Crippen LogP contribution in [-0.2, 0) is 11.3 Å². The molecule has 0 unspecified atom stereocenters. The number of nitrogens with zero attached hydrogens (tertiary/aromatic N) is 2. The molecule has 4 rings (SSSR count). The molecule has 3 aromatic carbocycles. The lowest BCUT2D eigenvalue weighted by atomic mass is 9.97. The van der Waals surface area contributed by atoms with Gasteiger partial charge < -0.3 is 10.2 Å². The zero-order valence-electron chi connectivity index (χ0n) is 18.9. The summed E-state index contributed by atoms with van der Waals surface area (Å²) in [4.78, 5) is 28.7. The third kappa shape index (κ3) is 4.96. The number of amides is 2. The molecule has 3 aromatic rings. The van der Waals surface area contributed by atoms with Crippen molar-refractivity contribution in [2.75, 3.05) is 26.7 Å². The fraction of sp³-hybridized carbons (Fsp3) is 0.259. The molecule has 0 aliphatic carbocycles. The number of rotatable bonds is 5. The molecule has 1 atom stereocenters. The maximum Gasteiger partial charge on any atom is 0.251 e. The molecule has 170 valence electrons. The first-order chi connectivity index (χ1) is 16.0. The van der Waals surface area contributed by atoms with Crippen molar-refractivity contribution in [2.24, 2.45) is 0 Å². The van der Waals surface area contributed by atoms with E-state index in [1.807, 2.05) is 53.4 Å². The Labute approximate surface area is 193 Å². The average molecular weight is 446 g/mol. The lowest BCUT2D eigenvalue weighted by molar-refractivity contribution is -0.134. The Morgan fingerprint density at radius 1 is 0.970 bits per heavy atom. The van der Waals surface area contributed by atoms with Crippen LogP contribution in [0.2, 0.25) is 0 Å². The van der Waals surface area contributed by atoms with Crippen LogP contribution in [0.3, 0.4) is 0 Å². The van der Waals surface area contributed by atoms with Crippen LogP contribution in [0.15, 0.2) is 72.8 Å². The topological polar surface area (TPSA) is 52.7 Å². The van der Waals surface area contributed by atoms with E-state index in [4.69, 9.17) is 0 Å². The van der Waals surface area contributed by atoms with Gasteiger partial charge in [0.15, 0.2) is 0 Å². The molecule has 5 nitrogen and oxygen atoms in total. The van der Waals surface area contributed by atoms with Gasteiger partial charge in [-0.3, -0.25) is 14.5 Å². The van der Waals surface area contributed by atoms with Crippen molar-refractivity contribution in [1.29, 1.82) is 0 Å². The van der Waals surface area contributed by atoms with Gasteiger partial charge in [-0.05, 0) is 34.9 Å². The van der Waals surface area contributed by atoms with E-state index in [0.717, 1.165) is 23.2 Å². The number of piperazine rings is 1. The summed E-state index contributed by atoms with van der Waals surface area (Å²) in [6.07, 6.45) is 0. The molecule has 1 N–H and O–H groups in total. The number of carbonyl (C=O) groups is 2. The van der Waals surface area contributed by atoms with E-state index in [9.17, 15) is 14.0 Å². The lowest BCUT2D eigenvalue weighted by Crippen LogP contribution is -2.49. The first-order valence-electron chi connectivity index (χ1n) is 11.1. The summed E-state index contributed by atoms with van der Waals surface area (Å²) in [5.74, 6) is -0.385. The molecule has 0 radical (unpaired) electrons. The van der Waals surface area contributed by atoms with Gasteiger partial charge >= 0.3 is 0 Å². The van der Waals surface area contributed by atoms with Gasteiger partial charge in [-0.1, -0.05) is 54.6 Å². The van der Waals surface area contributed by atoms with E-state index >= 15 is 0 Å². The third-order valence-electron chi connectivity index (χ3n) is 6.20. The van der Waals surface area contributed by atoms with Gasteiger partial charge in [0.25, 0.3) is 5.91 Å². The fourth-order valence-electron chi connectivity index (χ4n) is 4.52. The molecule has 6 heteroatoms. The number of nitrogens with one attached hydrogen (secondary N) is 1. The van der Waals surface area contributed by atoms with Crippen molar-refractivity contribution in [1.82, 2.24) is 15.1 Å². The largest absolute Gasteiger partial charge is 0.355 e. The second-order valence-electron chi connectivity index (χ2n) is 8.30. The van der Waals surface area contributed by atoms with E-state index in [2.05, 4.69) is 10.2 Å². The lowest BCUT2D eigenvalue weighted by Gasteiger charge is -2.41. The Balaban J connectivity index is 1.61. The Kier molecular flexibility index (Phi) is 6.84. The number of hydrogen-bond donors (Lipinski definition) is 1. The van der Waals surface area contributed by atoms with Crippen LogP contribution in [0.1, 0.15) is 34.5 Å². The molecular formula is C27H28FN3O2. The van der Waals surface area contributed by atoms with E-state index < -0.39 is 0 Å². The van der Waals surface area contributed by atoms with E-state index in [1.165, 1.54) is 6.07 Å². The summed E-state index contributed by atoms with van der Waals surface area (Å²) in [5, 5.41) is 2.65. The minimum atomic E-state index is -0.241. The quantitative estimate of drug-likeness (QED) is 0.639. The maximum absolute atomic E-state index is 14.5. The monoisotopic (exact) mass is 445 g/mol. The number of halogens is 1.